The number of aryl methyl sites for hydroxylation is 1. The van der Waals surface area contributed by atoms with Gasteiger partial charge in [-0.3, -0.25) is 33.5 Å². The van der Waals surface area contributed by atoms with Gasteiger partial charge in [0.2, 0.25) is 5.91 Å². The Bertz CT molecular complexity index is 1780. The number of amides is 1. The summed E-state index contributed by atoms with van der Waals surface area (Å²) in [5.74, 6) is -0.998. The first-order valence-electron chi connectivity index (χ1n) is 11.6. The number of ether oxygens (including phenoxy) is 1. The van der Waals surface area contributed by atoms with E-state index in [1.807, 2.05) is 12.1 Å². The number of imidazole rings is 1. The summed E-state index contributed by atoms with van der Waals surface area (Å²) in [7, 11) is 2.83. The largest absolute Gasteiger partial charge is 0.458 e. The van der Waals surface area contributed by atoms with Gasteiger partial charge in [0.25, 0.3) is 5.56 Å². The number of anilines is 1. The predicted molar refractivity (Wildman–Crippen MR) is 136 cm³/mol. The normalized spacial score (nSPS) is 11.0. The molecule has 5 heterocycles. The number of carbonyl (C=O) groups excluding carboxylic acids is 2. The van der Waals surface area contributed by atoms with E-state index < -0.39 is 17.2 Å². The van der Waals surface area contributed by atoms with Crippen LogP contribution in [-0.2, 0) is 48.1 Å². The Hall–Kier alpha value is -5.47. The zero-order valence-electron chi connectivity index (χ0n) is 20.9. The molecule has 0 unspecified atom stereocenters. The fourth-order valence-electron chi connectivity index (χ4n) is 3.84. The van der Waals surface area contributed by atoms with Crippen LogP contribution in [0.25, 0.3) is 22.4 Å². The summed E-state index contributed by atoms with van der Waals surface area (Å²) in [4.78, 5) is 61.8. The molecule has 39 heavy (non-hydrogen) atoms. The minimum atomic E-state index is -0.653. The summed E-state index contributed by atoms with van der Waals surface area (Å²) in [5, 5.41) is 10.5. The molecule has 0 atom stereocenters. The van der Waals surface area contributed by atoms with Gasteiger partial charge in [0.1, 0.15) is 25.4 Å². The maximum Gasteiger partial charge on any atom is 0.332 e. The van der Waals surface area contributed by atoms with Crippen LogP contribution in [-0.4, -0.2) is 55.5 Å². The van der Waals surface area contributed by atoms with Crippen LogP contribution in [0.2, 0.25) is 0 Å². The molecule has 0 radical (unpaired) electrons. The lowest BCUT2D eigenvalue weighted by molar-refractivity contribution is -0.145. The first kappa shape index (κ1) is 25.2. The molecule has 15 heteroatoms. The van der Waals surface area contributed by atoms with Crippen molar-refractivity contribution in [1.82, 2.24) is 43.6 Å². The van der Waals surface area contributed by atoms with Crippen molar-refractivity contribution in [3.05, 3.63) is 81.9 Å². The second-order valence-electron chi connectivity index (χ2n) is 8.54. The van der Waals surface area contributed by atoms with E-state index in [2.05, 4.69) is 30.6 Å². The van der Waals surface area contributed by atoms with E-state index in [0.29, 0.717) is 11.4 Å². The minimum Gasteiger partial charge on any atom is -0.458 e. The quantitative estimate of drug-likeness (QED) is 0.266. The molecule has 1 amide bonds. The van der Waals surface area contributed by atoms with Crippen LogP contribution in [0.3, 0.4) is 0 Å². The number of pyridine rings is 2. The van der Waals surface area contributed by atoms with Crippen molar-refractivity contribution < 1.29 is 14.3 Å². The summed E-state index contributed by atoms with van der Waals surface area (Å²) in [5.41, 5.74) is 1.61. The molecule has 5 rings (SSSR count). The molecule has 0 spiro atoms. The summed E-state index contributed by atoms with van der Waals surface area (Å²) in [6.07, 6.45) is 7.70. The highest BCUT2D eigenvalue weighted by Crippen LogP contribution is 2.17. The molecule has 198 valence electrons. The van der Waals surface area contributed by atoms with Crippen molar-refractivity contribution in [3.63, 3.8) is 0 Å². The van der Waals surface area contributed by atoms with Gasteiger partial charge >= 0.3 is 11.7 Å². The number of aromatic nitrogens is 9. The molecule has 0 aromatic carbocycles. The third kappa shape index (κ3) is 5.31. The van der Waals surface area contributed by atoms with Crippen LogP contribution >= 0.6 is 0 Å². The summed E-state index contributed by atoms with van der Waals surface area (Å²) < 4.78 is 10.0. The topological polar surface area (TPSA) is 174 Å². The second-order valence-corrected chi connectivity index (χ2v) is 8.54. The van der Waals surface area contributed by atoms with Crippen molar-refractivity contribution in [3.8, 4) is 11.3 Å². The smallest absolute Gasteiger partial charge is 0.332 e. The van der Waals surface area contributed by atoms with Gasteiger partial charge in [-0.1, -0.05) is 5.21 Å². The average molecular weight is 531 g/mol. The van der Waals surface area contributed by atoms with Gasteiger partial charge < -0.3 is 14.6 Å². The van der Waals surface area contributed by atoms with Crippen molar-refractivity contribution in [1.29, 1.82) is 0 Å². The van der Waals surface area contributed by atoms with E-state index in [1.54, 1.807) is 30.7 Å². The van der Waals surface area contributed by atoms with Crippen LogP contribution in [0.15, 0.2) is 65.0 Å². The maximum absolute atomic E-state index is 12.5. The van der Waals surface area contributed by atoms with E-state index in [1.165, 1.54) is 40.4 Å². The van der Waals surface area contributed by atoms with Gasteiger partial charge in [0, 0.05) is 32.1 Å². The Kier molecular flexibility index (Phi) is 6.77. The predicted octanol–water partition coefficient (Wildman–Crippen LogP) is -0.136. The zero-order valence-corrected chi connectivity index (χ0v) is 20.9. The molecular weight excluding hydrogens is 508 g/mol. The Balaban J connectivity index is 1.14. The van der Waals surface area contributed by atoms with Crippen LogP contribution in [0, 0.1) is 0 Å². The zero-order chi connectivity index (χ0) is 27.5. The summed E-state index contributed by atoms with van der Waals surface area (Å²) in [6.45, 7) is -0.605. The number of fused-ring (bicyclic) bond motifs is 1. The standard InChI is InChI=1S/C24H22N10O5/c1-31-22-21(23(37)32(2)24(31)38)33(14-27-22)12-20(36)39-13-17-10-34(30-29-17)11-19(35)28-16-5-6-18(26-9-16)15-4-3-7-25-8-15/h3-10,14H,11-13H2,1-2H3,(H,28,35). The SMILES string of the molecule is Cn1c(=O)c2c(ncn2CC(=O)OCc2cn(CC(=O)Nc3ccc(-c4cccnc4)nc3)nn2)n(C)c1=O. The molecule has 5 aromatic heterocycles. The van der Waals surface area contributed by atoms with Gasteiger partial charge in [0.15, 0.2) is 11.2 Å². The molecule has 0 saturated heterocycles. The first-order chi connectivity index (χ1) is 18.8. The number of carbonyl (C=O) groups is 2. The van der Waals surface area contributed by atoms with Crippen molar-refractivity contribution in [2.24, 2.45) is 14.1 Å². The Morgan fingerprint density at radius 3 is 2.62 bits per heavy atom. The van der Waals surface area contributed by atoms with Crippen LogP contribution in [0.1, 0.15) is 5.69 Å². The van der Waals surface area contributed by atoms with Crippen LogP contribution < -0.4 is 16.6 Å². The highest BCUT2D eigenvalue weighted by molar-refractivity contribution is 5.90. The van der Waals surface area contributed by atoms with Crippen LogP contribution in [0.4, 0.5) is 5.69 Å². The molecule has 0 bridgehead atoms. The highest BCUT2D eigenvalue weighted by atomic mass is 16.5. The molecule has 0 aliphatic carbocycles. The Morgan fingerprint density at radius 2 is 1.87 bits per heavy atom. The van der Waals surface area contributed by atoms with Gasteiger partial charge in [-0.15, -0.1) is 5.10 Å². The lowest BCUT2D eigenvalue weighted by atomic mass is 10.2. The second kappa shape index (κ2) is 10.5. The van der Waals surface area contributed by atoms with E-state index in [9.17, 15) is 19.2 Å². The van der Waals surface area contributed by atoms with Crippen LogP contribution in [0.5, 0.6) is 0 Å². The lowest BCUT2D eigenvalue weighted by Crippen LogP contribution is -2.37. The van der Waals surface area contributed by atoms with Gasteiger partial charge in [-0.05, 0) is 24.3 Å². The molecule has 0 aliphatic rings. The molecule has 5 aromatic rings. The van der Waals surface area contributed by atoms with Gasteiger partial charge in [-0.25, -0.2) is 14.5 Å². The fraction of sp³-hybridized carbons (Fsp3) is 0.208. The monoisotopic (exact) mass is 530 g/mol. The Labute approximate surface area is 219 Å². The maximum atomic E-state index is 12.5. The molecule has 0 saturated carbocycles. The first-order valence-corrected chi connectivity index (χ1v) is 11.6. The van der Waals surface area contributed by atoms with E-state index in [0.717, 1.165) is 15.8 Å². The fourth-order valence-corrected chi connectivity index (χ4v) is 3.84. The average Bonchev–Trinajstić information content (AvgIpc) is 3.57. The summed E-state index contributed by atoms with van der Waals surface area (Å²) in [6, 6.07) is 7.22. The molecule has 0 fully saturated rings. The number of hydrogen-bond donors (Lipinski definition) is 1. The molecule has 1 N–H and O–H groups in total. The minimum absolute atomic E-state index is 0.107. The number of rotatable bonds is 8. The third-order valence-electron chi connectivity index (χ3n) is 5.79. The van der Waals surface area contributed by atoms with Gasteiger partial charge in [-0.2, -0.15) is 0 Å². The van der Waals surface area contributed by atoms with Crippen molar-refractivity contribution in [2.75, 3.05) is 5.32 Å². The molecular formula is C24H22N10O5. The Morgan fingerprint density at radius 1 is 1.03 bits per heavy atom. The molecule has 0 aliphatic heterocycles. The number of nitrogens with one attached hydrogen (secondary N) is 1. The van der Waals surface area contributed by atoms with E-state index in [4.69, 9.17) is 4.74 Å². The third-order valence-corrected chi connectivity index (χ3v) is 5.79. The van der Waals surface area contributed by atoms with Crippen molar-refractivity contribution >= 4 is 28.7 Å². The van der Waals surface area contributed by atoms with Gasteiger partial charge in [0.05, 0.1) is 30.1 Å². The number of hydrogen-bond acceptors (Lipinski definition) is 10. The highest BCUT2D eigenvalue weighted by Gasteiger charge is 2.17. The van der Waals surface area contributed by atoms with E-state index in [-0.39, 0.29) is 36.8 Å². The summed E-state index contributed by atoms with van der Waals surface area (Å²) >= 11 is 0. The lowest BCUT2D eigenvalue weighted by Gasteiger charge is -2.07. The number of nitrogens with zero attached hydrogens (tertiary/aromatic N) is 9. The number of esters is 1. The molecule has 15 nitrogen and oxygen atoms in total. The van der Waals surface area contributed by atoms with Crippen molar-refractivity contribution in [2.45, 2.75) is 19.7 Å². The van der Waals surface area contributed by atoms with E-state index >= 15 is 0 Å².